The second-order valence-electron chi connectivity index (χ2n) is 4.71. The molecule has 0 aliphatic heterocycles. The minimum absolute atomic E-state index is 0.184. The SMILES string of the molecule is OCC(CO)(CO)COCC(CO)(C(O)Br)C(Br)(Br)OBr. The van der Waals surface area contributed by atoms with E-state index in [9.17, 15) is 25.5 Å². The molecule has 128 valence electrons. The fourth-order valence-electron chi connectivity index (χ4n) is 1.32. The largest absolute Gasteiger partial charge is 0.396 e. The summed E-state index contributed by atoms with van der Waals surface area (Å²) in [4.78, 5) is 0. The molecule has 0 fully saturated rings. The third kappa shape index (κ3) is 5.31. The van der Waals surface area contributed by atoms with Crippen LogP contribution in [0.5, 0.6) is 0 Å². The molecule has 0 radical (unpaired) electrons. The Balaban J connectivity index is 5.03. The molecule has 0 aliphatic carbocycles. The summed E-state index contributed by atoms with van der Waals surface area (Å²) in [6, 6.07) is 0. The van der Waals surface area contributed by atoms with Gasteiger partial charge in [-0.15, -0.1) is 0 Å². The van der Waals surface area contributed by atoms with Crippen LogP contribution in [0, 0.1) is 10.8 Å². The molecule has 0 aromatic rings. The van der Waals surface area contributed by atoms with Crippen molar-refractivity contribution in [2.75, 3.05) is 39.6 Å². The highest BCUT2D eigenvalue weighted by Crippen LogP contribution is 2.50. The van der Waals surface area contributed by atoms with Crippen molar-refractivity contribution in [2.24, 2.45) is 10.8 Å². The lowest BCUT2D eigenvalue weighted by molar-refractivity contribution is -0.111. The number of aliphatic hydroxyl groups excluding tert-OH is 5. The molecule has 0 aromatic carbocycles. The number of alkyl halides is 3. The Bertz CT molecular complexity index is 293. The number of hydrogen-bond acceptors (Lipinski definition) is 7. The molecule has 0 heterocycles. The highest BCUT2D eigenvalue weighted by molar-refractivity contribution is 9.25. The Labute approximate surface area is 156 Å². The normalized spacial score (nSPS) is 17.6. The van der Waals surface area contributed by atoms with Gasteiger partial charge in [-0.2, -0.15) is 0 Å². The smallest absolute Gasteiger partial charge is 0.204 e. The van der Waals surface area contributed by atoms with E-state index >= 15 is 0 Å². The van der Waals surface area contributed by atoms with Gasteiger partial charge >= 0.3 is 0 Å². The topological polar surface area (TPSA) is 120 Å². The second kappa shape index (κ2) is 9.82. The van der Waals surface area contributed by atoms with Gasteiger partial charge in [-0.1, -0.05) is 15.9 Å². The zero-order chi connectivity index (χ0) is 16.7. The number of aliphatic hydroxyl groups is 5. The van der Waals surface area contributed by atoms with Gasteiger partial charge in [-0.3, -0.25) is 3.83 Å². The van der Waals surface area contributed by atoms with Crippen LogP contribution in [0.15, 0.2) is 0 Å². The van der Waals surface area contributed by atoms with E-state index in [0.29, 0.717) is 0 Å². The lowest BCUT2D eigenvalue weighted by Crippen LogP contribution is -2.53. The fourth-order valence-corrected chi connectivity index (χ4v) is 3.77. The van der Waals surface area contributed by atoms with Crippen molar-refractivity contribution >= 4 is 64.0 Å². The molecule has 5 N–H and O–H groups in total. The number of rotatable bonds is 11. The molecule has 0 spiro atoms. The summed E-state index contributed by atoms with van der Waals surface area (Å²) in [5.74, 6) is 0. The second-order valence-corrected chi connectivity index (χ2v) is 9.20. The lowest BCUT2D eigenvalue weighted by Gasteiger charge is -2.42. The molecule has 11 heteroatoms. The van der Waals surface area contributed by atoms with E-state index in [0.717, 1.165) is 0 Å². The van der Waals surface area contributed by atoms with Gasteiger partial charge in [-0.05, 0) is 31.9 Å². The maximum atomic E-state index is 9.90. The molecule has 21 heavy (non-hydrogen) atoms. The summed E-state index contributed by atoms with van der Waals surface area (Å²) in [7, 11) is 0. The van der Waals surface area contributed by atoms with Gasteiger partial charge in [-0.25, -0.2) is 0 Å². The van der Waals surface area contributed by atoms with E-state index in [-0.39, 0.29) is 13.2 Å². The van der Waals surface area contributed by atoms with Gasteiger partial charge in [0.05, 0.1) is 45.1 Å². The van der Waals surface area contributed by atoms with Crippen molar-refractivity contribution in [3.05, 3.63) is 0 Å². The summed E-state index contributed by atoms with van der Waals surface area (Å²) >= 11 is 12.1. The number of hydrogen-bond donors (Lipinski definition) is 5. The van der Waals surface area contributed by atoms with Gasteiger partial charge in [0.25, 0.3) is 0 Å². The number of ether oxygens (including phenoxy) is 1. The molecule has 2 atom stereocenters. The first-order valence-corrected chi connectivity index (χ1v) is 8.86. The zero-order valence-corrected chi connectivity index (χ0v) is 17.2. The third-order valence-electron chi connectivity index (χ3n) is 3.19. The summed E-state index contributed by atoms with van der Waals surface area (Å²) in [5, 5.41) is 46.0. The van der Waals surface area contributed by atoms with Gasteiger partial charge in [0.1, 0.15) is 26.7 Å². The third-order valence-corrected chi connectivity index (χ3v) is 7.32. The molecule has 0 saturated carbocycles. The van der Waals surface area contributed by atoms with Crippen molar-refractivity contribution in [3.63, 3.8) is 0 Å². The average Bonchev–Trinajstić information content (AvgIpc) is 2.48. The Kier molecular flexibility index (Phi) is 10.6. The van der Waals surface area contributed by atoms with Gasteiger partial charge < -0.3 is 30.3 Å². The first kappa shape index (κ1) is 22.6. The molecular weight excluding hydrogens is 552 g/mol. The first-order valence-electron chi connectivity index (χ1n) is 5.72. The molecule has 0 bridgehead atoms. The van der Waals surface area contributed by atoms with Crippen LogP contribution < -0.4 is 0 Å². The van der Waals surface area contributed by atoms with Gasteiger partial charge in [0.2, 0.25) is 3.42 Å². The van der Waals surface area contributed by atoms with E-state index in [4.69, 9.17) is 8.57 Å². The molecule has 2 unspecified atom stereocenters. The van der Waals surface area contributed by atoms with Gasteiger partial charge in [0, 0.05) is 0 Å². The summed E-state index contributed by atoms with van der Waals surface area (Å²) in [6.07, 6.45) is 0. The fraction of sp³-hybridized carbons (Fsp3) is 1.00. The Morgan fingerprint density at radius 2 is 1.38 bits per heavy atom. The van der Waals surface area contributed by atoms with Crippen LogP contribution in [0.25, 0.3) is 0 Å². The summed E-state index contributed by atoms with van der Waals surface area (Å²) in [5.41, 5.74) is -2.59. The first-order chi connectivity index (χ1) is 9.70. The van der Waals surface area contributed by atoms with E-state index in [2.05, 4.69) is 64.0 Å². The molecule has 0 rings (SSSR count). The van der Waals surface area contributed by atoms with Crippen LogP contribution in [0.2, 0.25) is 0 Å². The molecule has 0 amide bonds. The zero-order valence-electron chi connectivity index (χ0n) is 10.9. The van der Waals surface area contributed by atoms with Crippen molar-refractivity contribution in [3.8, 4) is 0 Å². The van der Waals surface area contributed by atoms with E-state index in [1.54, 1.807) is 0 Å². The highest BCUT2D eigenvalue weighted by atomic mass is 79.9. The molecule has 0 aliphatic rings. The quantitative estimate of drug-likeness (QED) is 0.229. The number of halogens is 4. The highest BCUT2D eigenvalue weighted by Gasteiger charge is 2.54. The predicted octanol–water partition coefficient (Wildman–Crippen LogP) is 0.428. The molecule has 7 nitrogen and oxygen atoms in total. The van der Waals surface area contributed by atoms with Crippen LogP contribution in [0.3, 0.4) is 0 Å². The summed E-state index contributed by atoms with van der Waals surface area (Å²) < 4.78 is 9.00. The lowest BCUT2D eigenvalue weighted by atomic mass is 9.90. The Hall–Kier alpha value is 1.64. The van der Waals surface area contributed by atoms with Crippen LogP contribution in [-0.4, -0.2) is 73.6 Å². The Morgan fingerprint density at radius 1 is 0.905 bits per heavy atom. The minimum atomic E-state index is -1.37. The van der Waals surface area contributed by atoms with Crippen LogP contribution in [0.1, 0.15) is 0 Å². The van der Waals surface area contributed by atoms with Gasteiger partial charge in [0.15, 0.2) is 0 Å². The maximum absolute atomic E-state index is 9.90. The van der Waals surface area contributed by atoms with Crippen molar-refractivity contribution in [1.82, 2.24) is 0 Å². The van der Waals surface area contributed by atoms with E-state index in [1.165, 1.54) is 0 Å². The van der Waals surface area contributed by atoms with E-state index in [1.807, 2.05) is 0 Å². The molecule has 0 saturated heterocycles. The van der Waals surface area contributed by atoms with Crippen LogP contribution >= 0.6 is 64.0 Å². The summed E-state index contributed by atoms with van der Waals surface area (Å²) in [6.45, 7) is -2.38. The van der Waals surface area contributed by atoms with Crippen LogP contribution in [0.4, 0.5) is 0 Å². The van der Waals surface area contributed by atoms with Crippen molar-refractivity contribution in [2.45, 2.75) is 8.43 Å². The standard InChI is InChI=1S/C10H18Br4O7/c11-7(19)9(4-18,10(12,13)21-14)6-20-5-8(1-15,2-16)3-17/h7,15-19H,1-6H2. The molecule has 0 aromatic heterocycles. The monoisotopic (exact) mass is 566 g/mol. The minimum Gasteiger partial charge on any atom is -0.396 e. The van der Waals surface area contributed by atoms with Crippen LogP contribution in [-0.2, 0) is 8.57 Å². The van der Waals surface area contributed by atoms with Crippen molar-refractivity contribution < 1.29 is 34.1 Å². The Morgan fingerprint density at radius 3 is 1.67 bits per heavy atom. The average molecular weight is 570 g/mol. The maximum Gasteiger partial charge on any atom is 0.204 e. The van der Waals surface area contributed by atoms with E-state index < -0.39 is 45.7 Å². The predicted molar refractivity (Wildman–Crippen MR) is 89.6 cm³/mol. The molecular formula is C10H18Br4O7. The van der Waals surface area contributed by atoms with Crippen molar-refractivity contribution in [1.29, 1.82) is 0 Å².